The number of amides is 1. The molecule has 2 aliphatic rings. The summed E-state index contributed by atoms with van der Waals surface area (Å²) in [6, 6.07) is 3.31. The predicted molar refractivity (Wildman–Crippen MR) is 89.1 cm³/mol. The summed E-state index contributed by atoms with van der Waals surface area (Å²) in [4.78, 5) is 14.9. The van der Waals surface area contributed by atoms with Gasteiger partial charge in [-0.15, -0.1) is 0 Å². The number of aryl methyl sites for hydroxylation is 1. The molecule has 2 aromatic rings. The van der Waals surface area contributed by atoms with Gasteiger partial charge in [0.25, 0.3) is 5.91 Å². The van der Waals surface area contributed by atoms with Gasteiger partial charge in [0, 0.05) is 19.5 Å². The molecule has 2 aromatic heterocycles. The van der Waals surface area contributed by atoms with Gasteiger partial charge in [-0.2, -0.15) is 5.10 Å². The number of carbonyl (C=O) groups is 1. The highest BCUT2D eigenvalue weighted by atomic mass is 16.5. The molecule has 0 saturated carbocycles. The Labute approximate surface area is 146 Å². The van der Waals surface area contributed by atoms with E-state index >= 15 is 0 Å². The Morgan fingerprint density at radius 2 is 2.32 bits per heavy atom. The maximum absolute atomic E-state index is 13.1. The molecule has 0 radical (unpaired) electrons. The highest BCUT2D eigenvalue weighted by molar-refractivity contribution is 5.95. The van der Waals surface area contributed by atoms with Crippen molar-refractivity contribution in [1.29, 1.82) is 0 Å². The lowest BCUT2D eigenvalue weighted by molar-refractivity contribution is -0.0196. The first-order valence-corrected chi connectivity index (χ1v) is 8.89. The van der Waals surface area contributed by atoms with Crippen LogP contribution >= 0.6 is 0 Å². The lowest BCUT2D eigenvalue weighted by atomic mass is 10.0. The first kappa shape index (κ1) is 16.4. The number of nitrogens with zero attached hydrogens (tertiary/aromatic N) is 3. The highest BCUT2D eigenvalue weighted by Crippen LogP contribution is 2.26. The van der Waals surface area contributed by atoms with Crippen molar-refractivity contribution in [3.8, 4) is 0 Å². The maximum Gasteiger partial charge on any atom is 0.257 e. The van der Waals surface area contributed by atoms with Crippen LogP contribution in [0.5, 0.6) is 0 Å². The van der Waals surface area contributed by atoms with Crippen molar-refractivity contribution < 1.29 is 19.1 Å². The van der Waals surface area contributed by atoms with E-state index in [0.29, 0.717) is 37.5 Å². The molecule has 2 atom stereocenters. The molecule has 0 aliphatic carbocycles. The number of aromatic nitrogens is 2. The Hall–Kier alpha value is -2.12. The molecule has 1 N–H and O–H groups in total. The number of rotatable bonds is 4. The molecule has 25 heavy (non-hydrogen) atoms. The molecule has 2 unspecified atom stereocenters. The zero-order valence-electron chi connectivity index (χ0n) is 14.1. The predicted octanol–water partition coefficient (Wildman–Crippen LogP) is 1.78. The molecular formula is C18H23N3O4. The largest absolute Gasteiger partial charge is 0.467 e. The first-order valence-electron chi connectivity index (χ1n) is 8.89. The molecule has 0 aromatic carbocycles. The van der Waals surface area contributed by atoms with Gasteiger partial charge in [-0.1, -0.05) is 0 Å². The summed E-state index contributed by atoms with van der Waals surface area (Å²) in [5.74, 6) is 0.504. The van der Waals surface area contributed by atoms with E-state index in [1.54, 1.807) is 18.3 Å². The summed E-state index contributed by atoms with van der Waals surface area (Å²) < 4.78 is 12.8. The van der Waals surface area contributed by atoms with Crippen LogP contribution in [0.15, 0.2) is 29.0 Å². The molecule has 134 valence electrons. The van der Waals surface area contributed by atoms with Crippen LogP contribution in [0.3, 0.4) is 0 Å². The number of hydrogen-bond donors (Lipinski definition) is 1. The number of morpholine rings is 1. The SMILES string of the molecule is O=C(c1cnn2c1CCCC2)N1CCOCC1CC(O)c1ccco1. The third-order valence-electron chi connectivity index (χ3n) is 5.07. The number of furan rings is 1. The summed E-state index contributed by atoms with van der Waals surface area (Å²) in [6.45, 7) is 2.35. The van der Waals surface area contributed by atoms with Crippen LogP contribution in [0, 0.1) is 0 Å². The molecular weight excluding hydrogens is 322 g/mol. The van der Waals surface area contributed by atoms with Crippen molar-refractivity contribution in [1.82, 2.24) is 14.7 Å². The van der Waals surface area contributed by atoms with Gasteiger partial charge in [-0.3, -0.25) is 9.48 Å². The van der Waals surface area contributed by atoms with Gasteiger partial charge in [0.1, 0.15) is 11.9 Å². The second kappa shape index (κ2) is 7.01. The lowest BCUT2D eigenvalue weighted by Gasteiger charge is -2.36. The lowest BCUT2D eigenvalue weighted by Crippen LogP contribution is -2.49. The van der Waals surface area contributed by atoms with Gasteiger partial charge in [0.05, 0.1) is 43.0 Å². The zero-order valence-corrected chi connectivity index (χ0v) is 14.1. The van der Waals surface area contributed by atoms with Crippen molar-refractivity contribution in [2.75, 3.05) is 19.8 Å². The normalized spacial score (nSPS) is 21.8. The van der Waals surface area contributed by atoms with Crippen LogP contribution in [-0.2, 0) is 17.7 Å². The molecule has 1 saturated heterocycles. The van der Waals surface area contributed by atoms with Crippen molar-refractivity contribution >= 4 is 5.91 Å². The minimum Gasteiger partial charge on any atom is -0.467 e. The monoisotopic (exact) mass is 345 g/mol. The molecule has 4 rings (SSSR count). The molecule has 0 spiro atoms. The van der Waals surface area contributed by atoms with Gasteiger partial charge in [-0.05, 0) is 31.4 Å². The van der Waals surface area contributed by atoms with Crippen LogP contribution < -0.4 is 0 Å². The fourth-order valence-electron chi connectivity index (χ4n) is 3.73. The van der Waals surface area contributed by atoms with E-state index in [9.17, 15) is 9.90 Å². The van der Waals surface area contributed by atoms with Crippen molar-refractivity contribution in [3.63, 3.8) is 0 Å². The molecule has 7 heteroatoms. The smallest absolute Gasteiger partial charge is 0.257 e. The zero-order chi connectivity index (χ0) is 17.2. The summed E-state index contributed by atoms with van der Waals surface area (Å²) in [7, 11) is 0. The van der Waals surface area contributed by atoms with E-state index < -0.39 is 6.10 Å². The fraction of sp³-hybridized carbons (Fsp3) is 0.556. The van der Waals surface area contributed by atoms with Crippen LogP contribution in [-0.4, -0.2) is 51.5 Å². The van der Waals surface area contributed by atoms with E-state index in [0.717, 1.165) is 31.5 Å². The minimum absolute atomic E-state index is 0.0110. The summed E-state index contributed by atoms with van der Waals surface area (Å²) in [5.41, 5.74) is 1.73. The maximum atomic E-state index is 13.1. The van der Waals surface area contributed by atoms with Crippen LogP contribution in [0.4, 0.5) is 0 Å². The topological polar surface area (TPSA) is 80.7 Å². The molecule has 1 fully saturated rings. The third-order valence-corrected chi connectivity index (χ3v) is 5.07. The molecule has 7 nitrogen and oxygen atoms in total. The second-order valence-corrected chi connectivity index (χ2v) is 6.68. The van der Waals surface area contributed by atoms with Crippen molar-refractivity contribution in [3.05, 3.63) is 41.6 Å². The Kier molecular flexibility index (Phi) is 4.59. The van der Waals surface area contributed by atoms with E-state index in [4.69, 9.17) is 9.15 Å². The average Bonchev–Trinajstić information content (AvgIpc) is 3.31. The minimum atomic E-state index is -0.752. The Morgan fingerprint density at radius 3 is 3.16 bits per heavy atom. The Bertz CT molecular complexity index is 725. The first-order chi connectivity index (χ1) is 12.2. The third kappa shape index (κ3) is 3.21. The van der Waals surface area contributed by atoms with Crippen LogP contribution in [0.25, 0.3) is 0 Å². The van der Waals surface area contributed by atoms with Gasteiger partial charge >= 0.3 is 0 Å². The number of aliphatic hydroxyl groups excluding tert-OH is 1. The van der Waals surface area contributed by atoms with Gasteiger partial charge in [0.2, 0.25) is 0 Å². The summed E-state index contributed by atoms with van der Waals surface area (Å²) >= 11 is 0. The fourth-order valence-corrected chi connectivity index (χ4v) is 3.73. The van der Waals surface area contributed by atoms with Gasteiger partial charge < -0.3 is 19.2 Å². The van der Waals surface area contributed by atoms with Crippen molar-refractivity contribution in [2.24, 2.45) is 0 Å². The van der Waals surface area contributed by atoms with Crippen LogP contribution in [0.1, 0.15) is 47.2 Å². The quantitative estimate of drug-likeness (QED) is 0.913. The van der Waals surface area contributed by atoms with Gasteiger partial charge in [0.15, 0.2) is 0 Å². The summed E-state index contributed by atoms with van der Waals surface area (Å²) in [5, 5.41) is 14.8. The van der Waals surface area contributed by atoms with Crippen LogP contribution in [0.2, 0.25) is 0 Å². The summed E-state index contributed by atoms with van der Waals surface area (Å²) in [6.07, 6.45) is 5.97. The number of ether oxygens (including phenoxy) is 1. The molecule has 4 heterocycles. The number of fused-ring (bicyclic) bond motifs is 1. The number of hydrogen-bond acceptors (Lipinski definition) is 5. The van der Waals surface area contributed by atoms with E-state index in [-0.39, 0.29) is 11.9 Å². The molecule has 0 bridgehead atoms. The molecule has 1 amide bonds. The standard InChI is InChI=1S/C18H23N3O4/c22-16(17-5-3-8-25-17)10-13-12-24-9-7-20(13)18(23)14-11-19-21-6-2-1-4-15(14)21/h3,5,8,11,13,16,22H,1-2,4,6-7,9-10,12H2. The van der Waals surface area contributed by atoms with E-state index in [1.165, 1.54) is 6.26 Å². The van der Waals surface area contributed by atoms with Crippen molar-refractivity contribution in [2.45, 2.75) is 44.4 Å². The highest BCUT2D eigenvalue weighted by Gasteiger charge is 2.33. The second-order valence-electron chi connectivity index (χ2n) is 6.68. The average molecular weight is 345 g/mol. The van der Waals surface area contributed by atoms with E-state index in [1.807, 2.05) is 9.58 Å². The number of aliphatic hydroxyl groups is 1. The Morgan fingerprint density at radius 1 is 1.40 bits per heavy atom. The molecule has 2 aliphatic heterocycles. The van der Waals surface area contributed by atoms with E-state index in [2.05, 4.69) is 5.10 Å². The Balaban J connectivity index is 1.52. The van der Waals surface area contributed by atoms with Gasteiger partial charge in [-0.25, -0.2) is 0 Å². The number of carbonyl (C=O) groups excluding carboxylic acids is 1.